The van der Waals surface area contributed by atoms with Crippen LogP contribution < -0.4 is 5.43 Å². The first-order valence-corrected chi connectivity index (χ1v) is 11.9. The SMILES string of the molecule is Cc1ccc(CN(CC(=O)N/N=C\c2cc([N+](=O)[O-])ccc2Cl)S(=O)(=O)c2ccccc2)cc1. The summed E-state index contributed by atoms with van der Waals surface area (Å²) in [5.41, 5.74) is 4.03. The Kier molecular flexibility index (Phi) is 8.11. The summed E-state index contributed by atoms with van der Waals surface area (Å²) in [4.78, 5) is 23.0. The van der Waals surface area contributed by atoms with Crippen molar-refractivity contribution in [1.29, 1.82) is 0 Å². The number of hydrogen-bond acceptors (Lipinski definition) is 6. The summed E-state index contributed by atoms with van der Waals surface area (Å²) in [5.74, 6) is -0.690. The van der Waals surface area contributed by atoms with E-state index in [2.05, 4.69) is 10.5 Å². The van der Waals surface area contributed by atoms with Crippen LogP contribution in [-0.2, 0) is 21.4 Å². The predicted molar refractivity (Wildman–Crippen MR) is 129 cm³/mol. The molecule has 3 rings (SSSR count). The Bertz CT molecular complexity index is 1310. The molecule has 11 heteroatoms. The number of rotatable bonds is 9. The monoisotopic (exact) mass is 500 g/mol. The predicted octanol–water partition coefficient (Wildman–Crippen LogP) is 3.90. The highest BCUT2D eigenvalue weighted by atomic mass is 35.5. The molecular weight excluding hydrogens is 480 g/mol. The number of nitrogens with zero attached hydrogens (tertiary/aromatic N) is 3. The van der Waals surface area contributed by atoms with Crippen molar-refractivity contribution >= 4 is 39.4 Å². The molecule has 0 spiro atoms. The molecular formula is C23H21ClN4O5S. The van der Waals surface area contributed by atoms with E-state index in [0.29, 0.717) is 5.56 Å². The summed E-state index contributed by atoms with van der Waals surface area (Å²) >= 11 is 6.02. The van der Waals surface area contributed by atoms with Gasteiger partial charge in [0.1, 0.15) is 0 Å². The molecule has 0 aromatic heterocycles. The summed E-state index contributed by atoms with van der Waals surface area (Å²) in [5, 5.41) is 14.9. The first kappa shape index (κ1) is 25.0. The van der Waals surface area contributed by atoms with Gasteiger partial charge >= 0.3 is 0 Å². The Labute approximate surface area is 201 Å². The minimum absolute atomic E-state index is 0.0225. The first-order chi connectivity index (χ1) is 16.2. The molecule has 34 heavy (non-hydrogen) atoms. The highest BCUT2D eigenvalue weighted by molar-refractivity contribution is 7.89. The number of sulfonamides is 1. The van der Waals surface area contributed by atoms with Crippen molar-refractivity contribution in [3.8, 4) is 0 Å². The molecule has 9 nitrogen and oxygen atoms in total. The third kappa shape index (κ3) is 6.47. The third-order valence-electron chi connectivity index (χ3n) is 4.76. The first-order valence-electron chi connectivity index (χ1n) is 10.0. The van der Waals surface area contributed by atoms with Gasteiger partial charge in [0.15, 0.2) is 0 Å². The quantitative estimate of drug-likeness (QED) is 0.271. The number of carbonyl (C=O) groups excluding carboxylic acids is 1. The molecule has 0 saturated carbocycles. The van der Waals surface area contributed by atoms with E-state index in [4.69, 9.17) is 11.6 Å². The van der Waals surface area contributed by atoms with Crippen LogP contribution in [0, 0.1) is 17.0 Å². The van der Waals surface area contributed by atoms with Crippen LogP contribution in [-0.4, -0.2) is 36.3 Å². The van der Waals surface area contributed by atoms with Crippen LogP contribution in [0.25, 0.3) is 0 Å². The van der Waals surface area contributed by atoms with Gasteiger partial charge in [-0.3, -0.25) is 14.9 Å². The van der Waals surface area contributed by atoms with Crippen molar-refractivity contribution in [1.82, 2.24) is 9.73 Å². The summed E-state index contributed by atoms with van der Waals surface area (Å²) in [6.07, 6.45) is 1.16. The van der Waals surface area contributed by atoms with E-state index in [-0.39, 0.29) is 27.7 Å². The van der Waals surface area contributed by atoms with Crippen molar-refractivity contribution in [3.63, 3.8) is 0 Å². The van der Waals surface area contributed by atoms with Gasteiger partial charge in [0, 0.05) is 29.3 Å². The van der Waals surface area contributed by atoms with Crippen LogP contribution in [0.4, 0.5) is 5.69 Å². The van der Waals surface area contributed by atoms with E-state index in [1.54, 1.807) is 30.3 Å². The Hall–Kier alpha value is -3.60. The molecule has 0 aliphatic carbocycles. The van der Waals surface area contributed by atoms with Gasteiger partial charge in [-0.2, -0.15) is 9.41 Å². The number of hydrazone groups is 1. The molecule has 0 fully saturated rings. The second kappa shape index (κ2) is 11.0. The van der Waals surface area contributed by atoms with Crippen LogP contribution in [0.3, 0.4) is 0 Å². The summed E-state index contributed by atoms with van der Waals surface area (Å²) in [7, 11) is -3.98. The molecule has 0 aliphatic heterocycles. The van der Waals surface area contributed by atoms with Crippen LogP contribution in [0.5, 0.6) is 0 Å². The van der Waals surface area contributed by atoms with Gasteiger partial charge in [0.25, 0.3) is 11.6 Å². The van der Waals surface area contributed by atoms with Crippen LogP contribution in [0.2, 0.25) is 5.02 Å². The van der Waals surface area contributed by atoms with Crippen molar-refractivity contribution in [2.75, 3.05) is 6.54 Å². The van der Waals surface area contributed by atoms with Crippen LogP contribution in [0.15, 0.2) is 82.8 Å². The van der Waals surface area contributed by atoms with Gasteiger partial charge in [-0.25, -0.2) is 13.8 Å². The number of benzene rings is 3. The van der Waals surface area contributed by atoms with E-state index in [1.807, 2.05) is 19.1 Å². The zero-order valence-electron chi connectivity index (χ0n) is 18.1. The molecule has 0 unspecified atom stereocenters. The molecule has 0 aliphatic rings. The summed E-state index contributed by atoms with van der Waals surface area (Å²) in [6, 6.07) is 18.9. The van der Waals surface area contributed by atoms with Crippen molar-refractivity contribution in [2.45, 2.75) is 18.4 Å². The number of aryl methyl sites for hydroxylation is 1. The van der Waals surface area contributed by atoms with E-state index >= 15 is 0 Å². The Morgan fingerprint density at radius 1 is 1.12 bits per heavy atom. The number of nitro groups is 1. The molecule has 0 atom stereocenters. The maximum absolute atomic E-state index is 13.2. The van der Waals surface area contributed by atoms with Gasteiger partial charge in [-0.1, -0.05) is 59.6 Å². The highest BCUT2D eigenvalue weighted by Crippen LogP contribution is 2.21. The number of hydrogen-bond donors (Lipinski definition) is 1. The standard InChI is InChI=1S/C23H21ClN4O5S/c1-17-7-9-18(10-8-17)15-27(34(32,33)21-5-3-2-4-6-21)16-23(29)26-25-14-19-13-20(28(30)31)11-12-22(19)24/h2-14H,15-16H2,1H3,(H,26,29)/b25-14-. The Morgan fingerprint density at radius 3 is 2.44 bits per heavy atom. The smallest absolute Gasteiger partial charge is 0.270 e. The van der Waals surface area contributed by atoms with Gasteiger partial charge in [0.05, 0.1) is 22.6 Å². The average Bonchev–Trinajstić information content (AvgIpc) is 2.81. The fourth-order valence-corrected chi connectivity index (χ4v) is 4.55. The fraction of sp³-hybridized carbons (Fsp3) is 0.130. The van der Waals surface area contributed by atoms with Crippen molar-refractivity contribution in [3.05, 3.63) is 105 Å². The van der Waals surface area contributed by atoms with Gasteiger partial charge in [-0.05, 0) is 30.7 Å². The number of nitro benzene ring substituents is 1. The van der Waals surface area contributed by atoms with Gasteiger partial charge in [-0.15, -0.1) is 0 Å². The number of amides is 1. The number of carbonyl (C=O) groups is 1. The van der Waals surface area contributed by atoms with E-state index < -0.39 is 27.4 Å². The average molecular weight is 501 g/mol. The third-order valence-corrected chi connectivity index (χ3v) is 6.91. The highest BCUT2D eigenvalue weighted by Gasteiger charge is 2.26. The minimum Gasteiger partial charge on any atom is -0.272 e. The van der Waals surface area contributed by atoms with Crippen LogP contribution in [0.1, 0.15) is 16.7 Å². The molecule has 176 valence electrons. The second-order valence-corrected chi connectivity index (χ2v) is 9.67. The van der Waals surface area contributed by atoms with E-state index in [0.717, 1.165) is 16.1 Å². The normalized spacial score (nSPS) is 11.6. The Morgan fingerprint density at radius 2 is 1.79 bits per heavy atom. The molecule has 1 N–H and O–H groups in total. The Balaban J connectivity index is 1.78. The van der Waals surface area contributed by atoms with Crippen LogP contribution >= 0.6 is 11.6 Å². The molecule has 3 aromatic carbocycles. The van der Waals surface area contributed by atoms with Crippen molar-refractivity contribution in [2.24, 2.45) is 5.10 Å². The molecule has 0 saturated heterocycles. The lowest BCUT2D eigenvalue weighted by atomic mass is 10.1. The van der Waals surface area contributed by atoms with Gasteiger partial charge in [0.2, 0.25) is 10.0 Å². The fourth-order valence-electron chi connectivity index (χ4n) is 2.98. The van der Waals surface area contributed by atoms with Gasteiger partial charge < -0.3 is 0 Å². The lowest BCUT2D eigenvalue weighted by molar-refractivity contribution is -0.384. The number of halogens is 1. The molecule has 0 bridgehead atoms. The summed E-state index contributed by atoms with van der Waals surface area (Å²) in [6.45, 7) is 1.40. The second-order valence-electron chi connectivity index (χ2n) is 7.33. The van der Waals surface area contributed by atoms with E-state index in [9.17, 15) is 23.3 Å². The zero-order chi connectivity index (χ0) is 24.7. The van der Waals surface area contributed by atoms with Crippen molar-refractivity contribution < 1.29 is 18.1 Å². The minimum atomic E-state index is -3.98. The number of non-ortho nitro benzene ring substituents is 1. The molecule has 0 heterocycles. The maximum Gasteiger partial charge on any atom is 0.270 e. The lowest BCUT2D eigenvalue weighted by Gasteiger charge is -2.21. The molecule has 1 amide bonds. The van der Waals surface area contributed by atoms with E-state index in [1.165, 1.54) is 30.3 Å². The number of nitrogens with one attached hydrogen (secondary N) is 1. The maximum atomic E-state index is 13.2. The molecule has 3 aromatic rings. The summed E-state index contributed by atoms with van der Waals surface area (Å²) < 4.78 is 27.5. The topological polar surface area (TPSA) is 122 Å². The zero-order valence-corrected chi connectivity index (χ0v) is 19.7. The largest absolute Gasteiger partial charge is 0.272 e. The molecule has 0 radical (unpaired) electrons. The lowest BCUT2D eigenvalue weighted by Crippen LogP contribution is -2.39.